The van der Waals surface area contributed by atoms with Crippen molar-refractivity contribution >= 4 is 23.4 Å². The number of carbonyl (C=O) groups is 3. The Hall–Kier alpha value is -3.22. The van der Waals surface area contributed by atoms with Crippen LogP contribution in [0, 0.1) is 30.5 Å². The molecule has 0 spiro atoms. The Bertz CT molecular complexity index is 1320. The first-order valence-corrected chi connectivity index (χ1v) is 16.8. The number of piperidine rings is 1. The summed E-state index contributed by atoms with van der Waals surface area (Å²) in [6.45, 7) is 10.5. The highest BCUT2D eigenvalue weighted by Crippen LogP contribution is 2.41. The average molecular weight is 604 g/mol. The topological polar surface area (TPSA) is 69.7 Å². The second-order valence-corrected chi connectivity index (χ2v) is 14.4. The summed E-state index contributed by atoms with van der Waals surface area (Å²) in [7, 11) is 0. The summed E-state index contributed by atoms with van der Waals surface area (Å²) in [5, 5.41) is 3.19. The number of hydrogen-bond donors (Lipinski definition) is 1. The lowest BCUT2D eigenvalue weighted by Gasteiger charge is -2.46. The SMILES string of the molecule is Cc1cccc(F)c1C(=O)N1CCC[C@H](C(=O)Nc2cccc(C(C)(C)C)c2)[C@@H]1C1CCC(CCC(=O)N2CCCC2)CC1. The molecular weight excluding hydrogens is 553 g/mol. The number of anilines is 1. The molecule has 0 radical (unpaired) electrons. The first-order chi connectivity index (χ1) is 21.0. The molecule has 1 saturated carbocycles. The van der Waals surface area contributed by atoms with E-state index in [4.69, 9.17) is 0 Å². The minimum absolute atomic E-state index is 0.0489. The third kappa shape index (κ3) is 7.35. The van der Waals surface area contributed by atoms with Crippen molar-refractivity contribution in [1.29, 1.82) is 0 Å². The molecule has 238 valence electrons. The van der Waals surface area contributed by atoms with E-state index in [1.165, 1.54) is 6.07 Å². The smallest absolute Gasteiger partial charge is 0.257 e. The third-order valence-electron chi connectivity index (χ3n) is 10.3. The van der Waals surface area contributed by atoms with Gasteiger partial charge in [-0.05, 0) is 98.4 Å². The average Bonchev–Trinajstić information content (AvgIpc) is 3.55. The molecule has 2 aromatic rings. The normalized spacial score (nSPS) is 24.3. The van der Waals surface area contributed by atoms with Crippen LogP contribution in [0.15, 0.2) is 42.5 Å². The van der Waals surface area contributed by atoms with Gasteiger partial charge in [-0.1, -0.05) is 57.9 Å². The van der Waals surface area contributed by atoms with Crippen molar-refractivity contribution < 1.29 is 18.8 Å². The van der Waals surface area contributed by atoms with E-state index in [1.807, 2.05) is 28.0 Å². The molecule has 0 aromatic heterocycles. The van der Waals surface area contributed by atoms with E-state index in [-0.39, 0.29) is 46.6 Å². The quantitative estimate of drug-likeness (QED) is 0.356. The van der Waals surface area contributed by atoms with Crippen molar-refractivity contribution in [2.75, 3.05) is 25.0 Å². The highest BCUT2D eigenvalue weighted by atomic mass is 19.1. The monoisotopic (exact) mass is 603 g/mol. The maximum atomic E-state index is 15.1. The van der Waals surface area contributed by atoms with E-state index < -0.39 is 5.82 Å². The summed E-state index contributed by atoms with van der Waals surface area (Å²) in [4.78, 5) is 44.6. The van der Waals surface area contributed by atoms with Crippen LogP contribution in [0.5, 0.6) is 0 Å². The summed E-state index contributed by atoms with van der Waals surface area (Å²) in [5.41, 5.74) is 2.59. The van der Waals surface area contributed by atoms with Crippen molar-refractivity contribution in [1.82, 2.24) is 9.80 Å². The summed E-state index contributed by atoms with van der Waals surface area (Å²) in [6, 6.07) is 12.5. The Balaban J connectivity index is 1.34. The number of likely N-dealkylation sites (tertiary alicyclic amines) is 2. The van der Waals surface area contributed by atoms with Crippen LogP contribution in [0.3, 0.4) is 0 Å². The van der Waals surface area contributed by atoms with Gasteiger partial charge in [0.05, 0.1) is 11.5 Å². The highest BCUT2D eigenvalue weighted by Gasteiger charge is 2.44. The van der Waals surface area contributed by atoms with Crippen LogP contribution in [0.1, 0.15) is 106 Å². The van der Waals surface area contributed by atoms with Crippen molar-refractivity contribution in [3.63, 3.8) is 0 Å². The molecule has 6 nitrogen and oxygen atoms in total. The molecule has 1 aliphatic carbocycles. The van der Waals surface area contributed by atoms with E-state index >= 15 is 4.39 Å². The number of benzene rings is 2. The number of rotatable bonds is 7. The molecule has 2 atom stereocenters. The molecule has 7 heteroatoms. The van der Waals surface area contributed by atoms with Gasteiger partial charge < -0.3 is 15.1 Å². The minimum Gasteiger partial charge on any atom is -0.343 e. The van der Waals surface area contributed by atoms with Crippen LogP contribution < -0.4 is 5.32 Å². The van der Waals surface area contributed by atoms with Gasteiger partial charge in [-0.15, -0.1) is 0 Å². The van der Waals surface area contributed by atoms with Crippen molar-refractivity contribution in [2.45, 2.75) is 103 Å². The number of amides is 3. The standard InChI is InChI=1S/C37H50FN3O3/c1-25-10-7-14-31(38)33(25)36(44)41-23-9-13-30(35(43)39-29-12-8-11-28(24-29)37(2,3)4)34(41)27-18-15-26(16-19-27)17-20-32(42)40-21-5-6-22-40/h7-8,10-12,14,24,26-27,30,34H,5-6,9,13,15-23H2,1-4H3,(H,39,43)/t26?,27?,30-,34-/m0/s1. The molecule has 0 unspecified atom stereocenters. The fourth-order valence-corrected chi connectivity index (χ4v) is 7.74. The van der Waals surface area contributed by atoms with E-state index in [0.717, 1.165) is 69.3 Å². The van der Waals surface area contributed by atoms with Gasteiger partial charge in [0.25, 0.3) is 5.91 Å². The molecule has 3 amide bonds. The Morgan fingerprint density at radius 2 is 1.61 bits per heavy atom. The highest BCUT2D eigenvalue weighted by molar-refractivity contribution is 5.98. The zero-order chi connectivity index (χ0) is 31.4. The van der Waals surface area contributed by atoms with E-state index in [1.54, 1.807) is 19.1 Å². The second kappa shape index (κ2) is 13.8. The molecule has 2 heterocycles. The molecule has 3 fully saturated rings. The minimum atomic E-state index is -0.509. The van der Waals surface area contributed by atoms with Crippen LogP contribution in [-0.4, -0.2) is 53.2 Å². The fourth-order valence-electron chi connectivity index (χ4n) is 7.74. The zero-order valence-electron chi connectivity index (χ0n) is 27.0. The van der Waals surface area contributed by atoms with Crippen molar-refractivity contribution in [2.24, 2.45) is 17.8 Å². The van der Waals surface area contributed by atoms with Crippen LogP contribution in [0.25, 0.3) is 0 Å². The maximum Gasteiger partial charge on any atom is 0.257 e. The van der Waals surface area contributed by atoms with Crippen molar-refractivity contribution in [3.8, 4) is 0 Å². The van der Waals surface area contributed by atoms with Gasteiger partial charge in [0.15, 0.2) is 0 Å². The molecule has 0 bridgehead atoms. The van der Waals surface area contributed by atoms with Gasteiger partial charge in [0.2, 0.25) is 11.8 Å². The van der Waals surface area contributed by atoms with Crippen LogP contribution in [0.2, 0.25) is 0 Å². The van der Waals surface area contributed by atoms with Crippen LogP contribution in [-0.2, 0) is 15.0 Å². The van der Waals surface area contributed by atoms with Gasteiger partial charge in [0, 0.05) is 37.8 Å². The molecule has 3 aliphatic rings. The lowest BCUT2D eigenvalue weighted by Crippen LogP contribution is -2.55. The third-order valence-corrected chi connectivity index (χ3v) is 10.3. The van der Waals surface area contributed by atoms with Gasteiger partial charge >= 0.3 is 0 Å². The number of halogens is 1. The number of aryl methyl sites for hydroxylation is 1. The van der Waals surface area contributed by atoms with Crippen LogP contribution in [0.4, 0.5) is 10.1 Å². The van der Waals surface area contributed by atoms with Gasteiger partial charge in [-0.3, -0.25) is 14.4 Å². The van der Waals surface area contributed by atoms with Gasteiger partial charge in [-0.25, -0.2) is 4.39 Å². The molecule has 1 N–H and O–H groups in total. The Kier molecular flexibility index (Phi) is 10.1. The largest absolute Gasteiger partial charge is 0.343 e. The van der Waals surface area contributed by atoms with E-state index in [2.05, 4.69) is 32.2 Å². The second-order valence-electron chi connectivity index (χ2n) is 14.4. The Morgan fingerprint density at radius 1 is 0.909 bits per heavy atom. The number of hydrogen-bond acceptors (Lipinski definition) is 3. The summed E-state index contributed by atoms with van der Waals surface area (Å²) in [5.74, 6) is -0.359. The molecule has 5 rings (SSSR count). The van der Waals surface area contributed by atoms with Crippen LogP contribution >= 0.6 is 0 Å². The summed E-state index contributed by atoms with van der Waals surface area (Å²) >= 11 is 0. The predicted octanol–water partition coefficient (Wildman–Crippen LogP) is 7.50. The Labute approximate surface area is 262 Å². The number of nitrogens with one attached hydrogen (secondary N) is 1. The molecular formula is C37H50FN3O3. The molecule has 2 aromatic carbocycles. The van der Waals surface area contributed by atoms with E-state index in [9.17, 15) is 14.4 Å². The fraction of sp³-hybridized carbons (Fsp3) is 0.595. The lowest BCUT2D eigenvalue weighted by molar-refractivity contribution is -0.130. The maximum absolute atomic E-state index is 15.1. The molecule has 2 aliphatic heterocycles. The molecule has 2 saturated heterocycles. The first-order valence-electron chi connectivity index (χ1n) is 16.8. The summed E-state index contributed by atoms with van der Waals surface area (Å²) in [6.07, 6.45) is 8.88. The molecule has 44 heavy (non-hydrogen) atoms. The van der Waals surface area contributed by atoms with Crippen molar-refractivity contribution in [3.05, 3.63) is 65.0 Å². The van der Waals surface area contributed by atoms with Gasteiger partial charge in [-0.2, -0.15) is 0 Å². The lowest BCUT2D eigenvalue weighted by atomic mass is 9.71. The number of nitrogens with zero attached hydrogens (tertiary/aromatic N) is 2. The zero-order valence-corrected chi connectivity index (χ0v) is 27.0. The van der Waals surface area contributed by atoms with E-state index in [0.29, 0.717) is 37.3 Å². The summed E-state index contributed by atoms with van der Waals surface area (Å²) < 4.78 is 15.1. The van der Waals surface area contributed by atoms with Gasteiger partial charge in [0.1, 0.15) is 5.82 Å². The predicted molar refractivity (Wildman–Crippen MR) is 173 cm³/mol. The number of carbonyl (C=O) groups excluding carboxylic acids is 3. The Morgan fingerprint density at radius 3 is 2.30 bits per heavy atom. The first kappa shape index (κ1) is 32.2.